The summed E-state index contributed by atoms with van der Waals surface area (Å²) in [7, 11) is 0. The van der Waals surface area contributed by atoms with Crippen LogP contribution in [0.15, 0.2) is 30.6 Å². The van der Waals surface area contributed by atoms with E-state index in [-0.39, 0.29) is 0 Å². The van der Waals surface area contributed by atoms with E-state index < -0.39 is 0 Å². The summed E-state index contributed by atoms with van der Waals surface area (Å²) in [5.41, 5.74) is 2.12. The summed E-state index contributed by atoms with van der Waals surface area (Å²) in [6, 6.07) is 6.44. The molecule has 1 fully saturated rings. The van der Waals surface area contributed by atoms with Gasteiger partial charge in [0.15, 0.2) is 0 Å². The first-order valence-corrected chi connectivity index (χ1v) is 5.58. The van der Waals surface area contributed by atoms with Gasteiger partial charge in [0.2, 0.25) is 0 Å². The van der Waals surface area contributed by atoms with E-state index >= 15 is 0 Å². The van der Waals surface area contributed by atoms with E-state index in [0.717, 1.165) is 36.2 Å². The fourth-order valence-corrected chi connectivity index (χ4v) is 2.04. The van der Waals surface area contributed by atoms with E-state index in [0.29, 0.717) is 6.04 Å². The number of nitrogens with one attached hydrogen (secondary N) is 2. The molecule has 1 unspecified atom stereocenters. The SMILES string of the molecule is c1cc2nc(C3CNCCN3)ccc2cn1. The maximum atomic E-state index is 4.66. The summed E-state index contributed by atoms with van der Waals surface area (Å²) in [5.74, 6) is 0. The standard InChI is InChI=1S/C12H14N4/c1-2-11(12-8-14-5-6-15-12)16-10-3-4-13-7-9(1)10/h1-4,7,12,14-15H,5-6,8H2. The number of aromatic nitrogens is 2. The fourth-order valence-electron chi connectivity index (χ4n) is 2.04. The molecule has 0 radical (unpaired) electrons. The molecular formula is C12H14N4. The van der Waals surface area contributed by atoms with Crippen LogP contribution in [0.1, 0.15) is 11.7 Å². The lowest BCUT2D eigenvalue weighted by molar-refractivity contribution is 0.424. The monoisotopic (exact) mass is 214 g/mol. The number of pyridine rings is 2. The molecule has 1 aliphatic rings. The Morgan fingerprint density at radius 1 is 1.19 bits per heavy atom. The molecule has 2 aromatic heterocycles. The van der Waals surface area contributed by atoms with Crippen LogP contribution in [0.2, 0.25) is 0 Å². The highest BCUT2D eigenvalue weighted by molar-refractivity contribution is 5.77. The van der Waals surface area contributed by atoms with Crippen molar-refractivity contribution in [2.45, 2.75) is 6.04 Å². The van der Waals surface area contributed by atoms with Gasteiger partial charge in [-0.05, 0) is 18.2 Å². The molecule has 2 N–H and O–H groups in total. The van der Waals surface area contributed by atoms with Gasteiger partial charge in [-0.2, -0.15) is 0 Å². The summed E-state index contributed by atoms with van der Waals surface area (Å²) in [6.07, 6.45) is 3.63. The molecule has 0 amide bonds. The van der Waals surface area contributed by atoms with Crippen LogP contribution in [0.5, 0.6) is 0 Å². The zero-order chi connectivity index (χ0) is 10.8. The van der Waals surface area contributed by atoms with Crippen molar-refractivity contribution in [1.29, 1.82) is 0 Å². The van der Waals surface area contributed by atoms with Gasteiger partial charge in [-0.1, -0.05) is 0 Å². The molecule has 4 heteroatoms. The minimum atomic E-state index is 0.325. The zero-order valence-corrected chi connectivity index (χ0v) is 8.98. The highest BCUT2D eigenvalue weighted by atomic mass is 15.1. The van der Waals surface area contributed by atoms with Crippen molar-refractivity contribution in [3.8, 4) is 0 Å². The van der Waals surface area contributed by atoms with Gasteiger partial charge in [-0.25, -0.2) is 0 Å². The van der Waals surface area contributed by atoms with Crippen molar-refractivity contribution in [2.24, 2.45) is 0 Å². The van der Waals surface area contributed by atoms with Crippen LogP contribution < -0.4 is 10.6 Å². The summed E-state index contributed by atoms with van der Waals surface area (Å²) in [6.45, 7) is 2.98. The van der Waals surface area contributed by atoms with Gasteiger partial charge in [0.05, 0.1) is 17.3 Å². The number of hydrogen-bond acceptors (Lipinski definition) is 4. The Kier molecular flexibility index (Phi) is 2.52. The predicted octanol–water partition coefficient (Wildman–Crippen LogP) is 0.864. The second-order valence-electron chi connectivity index (χ2n) is 4.02. The fraction of sp³-hybridized carbons (Fsp3) is 0.333. The third-order valence-corrected chi connectivity index (χ3v) is 2.91. The van der Waals surface area contributed by atoms with Crippen LogP contribution in [0, 0.1) is 0 Å². The molecule has 3 heterocycles. The van der Waals surface area contributed by atoms with Crippen LogP contribution in [-0.4, -0.2) is 29.6 Å². The van der Waals surface area contributed by atoms with Crippen LogP contribution in [0.25, 0.3) is 10.9 Å². The van der Waals surface area contributed by atoms with Gasteiger partial charge in [0.1, 0.15) is 0 Å². The van der Waals surface area contributed by atoms with Crippen LogP contribution >= 0.6 is 0 Å². The van der Waals surface area contributed by atoms with Gasteiger partial charge in [-0.15, -0.1) is 0 Å². The number of fused-ring (bicyclic) bond motifs is 1. The van der Waals surface area contributed by atoms with E-state index in [1.165, 1.54) is 0 Å². The molecule has 0 saturated carbocycles. The zero-order valence-electron chi connectivity index (χ0n) is 8.98. The Balaban J connectivity index is 1.97. The molecule has 82 valence electrons. The van der Waals surface area contributed by atoms with E-state index in [1.54, 1.807) is 6.20 Å². The smallest absolute Gasteiger partial charge is 0.0736 e. The van der Waals surface area contributed by atoms with Gasteiger partial charge in [0, 0.05) is 37.4 Å². The Bertz CT molecular complexity index is 491. The van der Waals surface area contributed by atoms with Crippen molar-refractivity contribution >= 4 is 10.9 Å². The number of hydrogen-bond donors (Lipinski definition) is 2. The third-order valence-electron chi connectivity index (χ3n) is 2.91. The topological polar surface area (TPSA) is 49.8 Å². The van der Waals surface area contributed by atoms with E-state index in [2.05, 4.69) is 32.7 Å². The average molecular weight is 214 g/mol. The first-order valence-electron chi connectivity index (χ1n) is 5.58. The molecule has 2 aromatic rings. The molecule has 0 aliphatic carbocycles. The summed E-state index contributed by atoms with van der Waals surface area (Å²) >= 11 is 0. The van der Waals surface area contributed by atoms with Crippen molar-refractivity contribution in [1.82, 2.24) is 20.6 Å². The summed E-state index contributed by atoms with van der Waals surface area (Å²) < 4.78 is 0. The highest BCUT2D eigenvalue weighted by Crippen LogP contribution is 2.16. The third kappa shape index (κ3) is 1.77. The molecule has 1 aliphatic heterocycles. The second kappa shape index (κ2) is 4.15. The molecule has 0 spiro atoms. The normalized spacial score (nSPS) is 21.1. The van der Waals surface area contributed by atoms with E-state index in [9.17, 15) is 0 Å². The van der Waals surface area contributed by atoms with Crippen LogP contribution in [0.3, 0.4) is 0 Å². The summed E-state index contributed by atoms with van der Waals surface area (Å²) in [5, 5.41) is 7.92. The van der Waals surface area contributed by atoms with E-state index in [1.807, 2.05) is 12.3 Å². The number of rotatable bonds is 1. The maximum Gasteiger partial charge on any atom is 0.0736 e. The molecule has 0 aromatic carbocycles. The van der Waals surface area contributed by atoms with Gasteiger partial charge in [-0.3, -0.25) is 9.97 Å². The predicted molar refractivity (Wildman–Crippen MR) is 63.2 cm³/mol. The molecule has 1 atom stereocenters. The van der Waals surface area contributed by atoms with Gasteiger partial charge >= 0.3 is 0 Å². The first-order chi connectivity index (χ1) is 7.93. The molecule has 1 saturated heterocycles. The number of piperazine rings is 1. The minimum absolute atomic E-state index is 0.325. The highest BCUT2D eigenvalue weighted by Gasteiger charge is 2.15. The Labute approximate surface area is 94.1 Å². The molecule has 4 nitrogen and oxygen atoms in total. The lowest BCUT2D eigenvalue weighted by Crippen LogP contribution is -2.42. The van der Waals surface area contributed by atoms with Gasteiger partial charge < -0.3 is 10.6 Å². The molecule has 3 rings (SSSR count). The van der Waals surface area contributed by atoms with E-state index in [4.69, 9.17) is 0 Å². The Morgan fingerprint density at radius 3 is 3.06 bits per heavy atom. The maximum absolute atomic E-state index is 4.66. The molecule has 16 heavy (non-hydrogen) atoms. The Hall–Kier alpha value is -1.52. The average Bonchev–Trinajstić information content (AvgIpc) is 2.39. The van der Waals surface area contributed by atoms with Crippen molar-refractivity contribution in [3.63, 3.8) is 0 Å². The molecule has 0 bridgehead atoms. The van der Waals surface area contributed by atoms with Crippen LogP contribution in [0.4, 0.5) is 0 Å². The molecular weight excluding hydrogens is 200 g/mol. The largest absolute Gasteiger partial charge is 0.314 e. The van der Waals surface area contributed by atoms with Crippen LogP contribution in [-0.2, 0) is 0 Å². The first kappa shape index (κ1) is 9.69. The van der Waals surface area contributed by atoms with Crippen molar-refractivity contribution in [3.05, 3.63) is 36.3 Å². The van der Waals surface area contributed by atoms with Gasteiger partial charge in [0.25, 0.3) is 0 Å². The van der Waals surface area contributed by atoms with Crippen molar-refractivity contribution < 1.29 is 0 Å². The quantitative estimate of drug-likeness (QED) is 0.739. The summed E-state index contributed by atoms with van der Waals surface area (Å²) in [4.78, 5) is 8.74. The minimum Gasteiger partial charge on any atom is -0.314 e. The second-order valence-corrected chi connectivity index (χ2v) is 4.02. The lowest BCUT2D eigenvalue weighted by atomic mass is 10.1. The Morgan fingerprint density at radius 2 is 2.19 bits per heavy atom. The number of nitrogens with zero attached hydrogens (tertiary/aromatic N) is 2. The lowest BCUT2D eigenvalue weighted by Gasteiger charge is -2.24. The van der Waals surface area contributed by atoms with Crippen molar-refractivity contribution in [2.75, 3.05) is 19.6 Å².